The number of rotatable bonds is 2. The van der Waals surface area contributed by atoms with E-state index in [0.29, 0.717) is 0 Å². The summed E-state index contributed by atoms with van der Waals surface area (Å²) in [6.45, 7) is 7.54. The van der Waals surface area contributed by atoms with Crippen LogP contribution in [0.2, 0.25) is 0 Å². The van der Waals surface area contributed by atoms with Gasteiger partial charge in [-0.1, -0.05) is 27.2 Å². The fourth-order valence-electron chi connectivity index (χ4n) is 0.250. The van der Waals surface area contributed by atoms with Gasteiger partial charge >= 0.3 is 0 Å². The Bertz CT molecular complexity index is 18.3. The van der Waals surface area contributed by atoms with Crippen LogP contribution in [0.4, 0.5) is 0 Å². The van der Waals surface area contributed by atoms with Crippen LogP contribution in [0.3, 0.4) is 0 Å². The van der Waals surface area contributed by atoms with E-state index >= 15 is 0 Å². The highest BCUT2D eigenvalue weighted by Crippen LogP contribution is 1.62. The van der Waals surface area contributed by atoms with Crippen molar-refractivity contribution in [1.82, 2.24) is 5.32 Å². The molecule has 0 aliphatic heterocycles. The van der Waals surface area contributed by atoms with Gasteiger partial charge in [0.05, 0.1) is 0 Å². The Morgan fingerprint density at radius 2 is 1.50 bits per heavy atom. The van der Waals surface area contributed by atoms with Gasteiger partial charge in [-0.2, -0.15) is 0 Å². The monoisotopic (exact) mass is 117 g/mol. The Labute approximate surface area is 53.5 Å². The first-order valence-corrected chi connectivity index (χ1v) is 3.47. The minimum absolute atomic E-state index is 1.14. The smallest absolute Gasteiger partial charge is 0.00546 e. The molecule has 0 atom stereocenters. The van der Waals surface area contributed by atoms with Crippen molar-refractivity contribution in [2.75, 3.05) is 13.6 Å². The summed E-state index contributed by atoms with van der Waals surface area (Å²) in [6, 6.07) is 0. The molecular formula is C7H19N. The molecule has 0 fully saturated rings. The Morgan fingerprint density at radius 3 is 1.50 bits per heavy atom. The third kappa shape index (κ3) is 38.2. The SMILES string of the molecule is CCC.CCCNC. The third-order valence-electron chi connectivity index (χ3n) is 0.500. The number of hydrogen-bond acceptors (Lipinski definition) is 1. The lowest BCUT2D eigenvalue weighted by molar-refractivity contribution is 0.772. The van der Waals surface area contributed by atoms with Crippen molar-refractivity contribution >= 4 is 0 Å². The Balaban J connectivity index is 0. The van der Waals surface area contributed by atoms with Crippen molar-refractivity contribution in [3.8, 4) is 0 Å². The first-order chi connectivity index (χ1) is 3.83. The van der Waals surface area contributed by atoms with Crippen LogP contribution < -0.4 is 5.32 Å². The second-order valence-electron chi connectivity index (χ2n) is 1.81. The van der Waals surface area contributed by atoms with E-state index in [4.69, 9.17) is 0 Å². The summed E-state index contributed by atoms with van der Waals surface area (Å²) in [7, 11) is 1.96. The predicted molar refractivity (Wildman–Crippen MR) is 40.2 cm³/mol. The van der Waals surface area contributed by atoms with Crippen molar-refractivity contribution in [2.24, 2.45) is 0 Å². The predicted octanol–water partition coefficient (Wildman–Crippen LogP) is 2.03. The molecule has 1 nitrogen and oxygen atoms in total. The van der Waals surface area contributed by atoms with Gasteiger partial charge in [-0.3, -0.25) is 0 Å². The van der Waals surface area contributed by atoms with E-state index in [1.807, 2.05) is 7.05 Å². The summed E-state index contributed by atoms with van der Waals surface area (Å²) in [4.78, 5) is 0. The molecule has 0 aromatic rings. The molecule has 0 spiro atoms. The highest BCUT2D eigenvalue weighted by molar-refractivity contribution is 4.28. The number of hydrogen-bond donors (Lipinski definition) is 1. The van der Waals surface area contributed by atoms with Gasteiger partial charge in [-0.25, -0.2) is 0 Å². The number of nitrogens with one attached hydrogen (secondary N) is 1. The average molecular weight is 117 g/mol. The van der Waals surface area contributed by atoms with Crippen LogP contribution in [0.25, 0.3) is 0 Å². The first-order valence-electron chi connectivity index (χ1n) is 3.47. The molecule has 0 saturated heterocycles. The molecule has 1 N–H and O–H groups in total. The molecule has 8 heavy (non-hydrogen) atoms. The summed E-state index contributed by atoms with van der Waals surface area (Å²) in [5.74, 6) is 0. The van der Waals surface area contributed by atoms with Gasteiger partial charge in [-0.15, -0.1) is 0 Å². The molecule has 0 saturated carbocycles. The summed E-state index contributed by atoms with van der Waals surface area (Å²) < 4.78 is 0. The largest absolute Gasteiger partial charge is 0.320 e. The normalized spacial score (nSPS) is 7.50. The second kappa shape index (κ2) is 15.8. The van der Waals surface area contributed by atoms with Crippen LogP contribution in [0.5, 0.6) is 0 Å². The minimum atomic E-state index is 1.14. The van der Waals surface area contributed by atoms with E-state index in [1.54, 1.807) is 0 Å². The summed E-state index contributed by atoms with van der Waals surface area (Å²) in [6.07, 6.45) is 2.48. The minimum Gasteiger partial charge on any atom is -0.320 e. The van der Waals surface area contributed by atoms with E-state index in [1.165, 1.54) is 12.8 Å². The molecule has 1 heteroatoms. The summed E-state index contributed by atoms with van der Waals surface area (Å²) in [5, 5.41) is 3.02. The van der Waals surface area contributed by atoms with Gasteiger partial charge in [0.25, 0.3) is 0 Å². The lowest BCUT2D eigenvalue weighted by Gasteiger charge is -1.84. The van der Waals surface area contributed by atoms with Gasteiger partial charge in [0.15, 0.2) is 0 Å². The molecule has 0 aliphatic rings. The van der Waals surface area contributed by atoms with E-state index in [2.05, 4.69) is 26.1 Å². The zero-order valence-corrected chi connectivity index (χ0v) is 6.62. The van der Waals surface area contributed by atoms with E-state index in [-0.39, 0.29) is 0 Å². The topological polar surface area (TPSA) is 12.0 Å². The molecule has 0 radical (unpaired) electrons. The van der Waals surface area contributed by atoms with Gasteiger partial charge in [-0.05, 0) is 20.0 Å². The highest BCUT2D eigenvalue weighted by Gasteiger charge is 1.64. The molecule has 0 aromatic heterocycles. The van der Waals surface area contributed by atoms with Crippen LogP contribution in [0.15, 0.2) is 0 Å². The van der Waals surface area contributed by atoms with E-state index in [9.17, 15) is 0 Å². The summed E-state index contributed by atoms with van der Waals surface area (Å²) >= 11 is 0. The maximum Gasteiger partial charge on any atom is -0.00546 e. The summed E-state index contributed by atoms with van der Waals surface area (Å²) in [5.41, 5.74) is 0. The molecule has 0 aromatic carbocycles. The van der Waals surface area contributed by atoms with Crippen molar-refractivity contribution < 1.29 is 0 Å². The fourth-order valence-corrected chi connectivity index (χ4v) is 0.250. The van der Waals surface area contributed by atoms with Gasteiger partial charge < -0.3 is 5.32 Å². The molecule has 0 rings (SSSR count). The van der Waals surface area contributed by atoms with Crippen LogP contribution in [0.1, 0.15) is 33.6 Å². The second-order valence-corrected chi connectivity index (χ2v) is 1.81. The van der Waals surface area contributed by atoms with Crippen molar-refractivity contribution in [3.05, 3.63) is 0 Å². The lowest BCUT2D eigenvalue weighted by Crippen LogP contribution is -2.04. The Kier molecular flexibility index (Phi) is 21.4. The molecule has 0 aliphatic carbocycles. The molecule has 0 heterocycles. The molecule has 0 unspecified atom stereocenters. The Morgan fingerprint density at radius 1 is 1.12 bits per heavy atom. The highest BCUT2D eigenvalue weighted by atomic mass is 14.8. The van der Waals surface area contributed by atoms with Crippen molar-refractivity contribution in [3.63, 3.8) is 0 Å². The lowest BCUT2D eigenvalue weighted by atomic mass is 10.5. The standard InChI is InChI=1S/C4H11N.C3H8/c1-3-4-5-2;1-3-2/h5H,3-4H2,1-2H3;3H2,1-2H3. The van der Waals surface area contributed by atoms with Crippen molar-refractivity contribution in [1.29, 1.82) is 0 Å². The molecule has 0 amide bonds. The zero-order valence-electron chi connectivity index (χ0n) is 6.62. The molecule has 52 valence electrons. The van der Waals surface area contributed by atoms with E-state index < -0.39 is 0 Å². The zero-order chi connectivity index (χ0) is 6.83. The van der Waals surface area contributed by atoms with Crippen LogP contribution in [-0.4, -0.2) is 13.6 Å². The quantitative estimate of drug-likeness (QED) is 0.583. The van der Waals surface area contributed by atoms with E-state index in [0.717, 1.165) is 6.54 Å². The third-order valence-corrected chi connectivity index (χ3v) is 0.500. The maximum atomic E-state index is 3.02. The van der Waals surface area contributed by atoms with Gasteiger partial charge in [0.1, 0.15) is 0 Å². The van der Waals surface area contributed by atoms with Crippen molar-refractivity contribution in [2.45, 2.75) is 33.6 Å². The fraction of sp³-hybridized carbons (Fsp3) is 1.00. The van der Waals surface area contributed by atoms with Crippen LogP contribution in [0, 0.1) is 0 Å². The average Bonchev–Trinajstić information content (AvgIpc) is 1.71. The van der Waals surface area contributed by atoms with Gasteiger partial charge in [0.2, 0.25) is 0 Å². The van der Waals surface area contributed by atoms with Crippen LogP contribution >= 0.6 is 0 Å². The molecular weight excluding hydrogens is 98.1 g/mol. The Hall–Kier alpha value is -0.0400. The molecule has 0 bridgehead atoms. The first kappa shape index (κ1) is 10.9. The maximum absolute atomic E-state index is 3.02. The van der Waals surface area contributed by atoms with Crippen LogP contribution in [-0.2, 0) is 0 Å². The van der Waals surface area contributed by atoms with Gasteiger partial charge in [0, 0.05) is 0 Å².